The van der Waals surface area contributed by atoms with Crippen LogP contribution < -0.4 is 0 Å². The molecular formula is C5H9NO. The van der Waals surface area contributed by atoms with Gasteiger partial charge in [-0.3, -0.25) is 4.84 Å². The van der Waals surface area contributed by atoms with Crippen LogP contribution in [0.2, 0.25) is 0 Å². The molecule has 0 aromatic carbocycles. The van der Waals surface area contributed by atoms with Crippen molar-refractivity contribution in [3.05, 3.63) is 12.2 Å². The van der Waals surface area contributed by atoms with Crippen molar-refractivity contribution in [1.82, 2.24) is 5.06 Å². The van der Waals surface area contributed by atoms with Crippen LogP contribution in [-0.2, 0) is 4.84 Å². The van der Waals surface area contributed by atoms with Gasteiger partial charge in [0.1, 0.15) is 0 Å². The van der Waals surface area contributed by atoms with Crippen LogP contribution in [0.5, 0.6) is 0 Å². The molecule has 2 heteroatoms. The van der Waals surface area contributed by atoms with Crippen molar-refractivity contribution in [2.75, 3.05) is 20.2 Å². The molecule has 0 amide bonds. The summed E-state index contributed by atoms with van der Waals surface area (Å²) < 4.78 is 0. The maximum Gasteiger partial charge on any atom is 0.0867 e. The van der Waals surface area contributed by atoms with Gasteiger partial charge < -0.3 is 0 Å². The van der Waals surface area contributed by atoms with Crippen LogP contribution >= 0.6 is 0 Å². The van der Waals surface area contributed by atoms with Crippen LogP contribution in [-0.4, -0.2) is 25.3 Å². The van der Waals surface area contributed by atoms with E-state index in [0.717, 1.165) is 13.2 Å². The lowest BCUT2D eigenvalue weighted by Gasteiger charge is -2.15. The summed E-state index contributed by atoms with van der Waals surface area (Å²) in [5.74, 6) is 0. The number of hydrogen-bond donors (Lipinski definition) is 0. The van der Waals surface area contributed by atoms with E-state index in [1.54, 1.807) is 5.06 Å². The monoisotopic (exact) mass is 99.1 g/mol. The highest BCUT2D eigenvalue weighted by molar-refractivity contribution is 4.85. The molecule has 0 bridgehead atoms. The Balaban J connectivity index is 2.32. The third-order valence-electron chi connectivity index (χ3n) is 0.920. The fourth-order valence-corrected chi connectivity index (χ4v) is 0.514. The summed E-state index contributed by atoms with van der Waals surface area (Å²) >= 11 is 0. The Labute approximate surface area is 43.3 Å². The Kier molecular flexibility index (Phi) is 1.44. The van der Waals surface area contributed by atoms with Crippen LogP contribution in [0.25, 0.3) is 0 Å². The largest absolute Gasteiger partial charge is 0.295 e. The quantitative estimate of drug-likeness (QED) is 0.408. The zero-order valence-electron chi connectivity index (χ0n) is 4.42. The van der Waals surface area contributed by atoms with Crippen LogP contribution in [0.15, 0.2) is 12.2 Å². The summed E-state index contributed by atoms with van der Waals surface area (Å²) in [6, 6.07) is 0. The van der Waals surface area contributed by atoms with E-state index in [2.05, 4.69) is 6.08 Å². The van der Waals surface area contributed by atoms with E-state index in [9.17, 15) is 0 Å². The molecule has 0 saturated carbocycles. The number of hydroxylamine groups is 2. The van der Waals surface area contributed by atoms with Crippen LogP contribution in [0, 0.1) is 0 Å². The Morgan fingerprint density at radius 3 is 2.71 bits per heavy atom. The number of likely N-dealkylation sites (N-methyl/N-ethyl adjacent to an activating group) is 1. The van der Waals surface area contributed by atoms with Gasteiger partial charge in [-0.25, -0.2) is 0 Å². The van der Waals surface area contributed by atoms with Gasteiger partial charge in [0.15, 0.2) is 0 Å². The van der Waals surface area contributed by atoms with Crippen molar-refractivity contribution >= 4 is 0 Å². The smallest absolute Gasteiger partial charge is 0.0867 e. The van der Waals surface area contributed by atoms with Crippen molar-refractivity contribution in [1.29, 1.82) is 0 Å². The van der Waals surface area contributed by atoms with Crippen molar-refractivity contribution in [3.63, 3.8) is 0 Å². The molecule has 0 aromatic rings. The highest BCUT2D eigenvalue weighted by atomic mass is 16.7. The highest BCUT2D eigenvalue weighted by Crippen LogP contribution is 1.91. The molecule has 0 saturated heterocycles. The third kappa shape index (κ3) is 1.29. The molecule has 0 N–H and O–H groups in total. The zero-order valence-corrected chi connectivity index (χ0v) is 4.42. The van der Waals surface area contributed by atoms with Crippen LogP contribution in [0.1, 0.15) is 0 Å². The first-order valence-electron chi connectivity index (χ1n) is 2.38. The van der Waals surface area contributed by atoms with Crippen molar-refractivity contribution < 1.29 is 4.84 Å². The van der Waals surface area contributed by atoms with Gasteiger partial charge in [0, 0.05) is 13.6 Å². The average Bonchev–Trinajstić information content (AvgIpc) is 1.69. The van der Waals surface area contributed by atoms with Gasteiger partial charge in [-0.15, -0.1) is 0 Å². The maximum absolute atomic E-state index is 5.02. The second-order valence-corrected chi connectivity index (χ2v) is 1.58. The summed E-state index contributed by atoms with van der Waals surface area (Å²) in [4.78, 5) is 5.02. The molecule has 1 aliphatic heterocycles. The molecule has 7 heavy (non-hydrogen) atoms. The summed E-state index contributed by atoms with van der Waals surface area (Å²) in [5, 5.41) is 1.81. The van der Waals surface area contributed by atoms with Crippen molar-refractivity contribution in [3.8, 4) is 0 Å². The normalized spacial score (nSPS) is 23.0. The Bertz CT molecular complexity index is 80.1. The topological polar surface area (TPSA) is 12.5 Å². The molecule has 0 unspecified atom stereocenters. The van der Waals surface area contributed by atoms with Gasteiger partial charge in [0.25, 0.3) is 0 Å². The molecule has 2 nitrogen and oxygen atoms in total. The molecule has 1 aliphatic rings. The van der Waals surface area contributed by atoms with E-state index in [0.29, 0.717) is 0 Å². The first-order valence-corrected chi connectivity index (χ1v) is 2.38. The molecule has 0 aromatic heterocycles. The number of rotatable bonds is 0. The molecule has 40 valence electrons. The minimum Gasteiger partial charge on any atom is -0.295 e. The van der Waals surface area contributed by atoms with E-state index in [1.165, 1.54) is 0 Å². The second-order valence-electron chi connectivity index (χ2n) is 1.58. The SMILES string of the molecule is CN1CC=CCO1. The summed E-state index contributed by atoms with van der Waals surface area (Å²) in [5.41, 5.74) is 0. The molecule has 0 spiro atoms. The first-order chi connectivity index (χ1) is 3.39. The number of hydrogen-bond acceptors (Lipinski definition) is 2. The van der Waals surface area contributed by atoms with Gasteiger partial charge in [0.05, 0.1) is 6.61 Å². The molecule has 1 heterocycles. The van der Waals surface area contributed by atoms with Gasteiger partial charge >= 0.3 is 0 Å². The molecular weight excluding hydrogens is 90.1 g/mol. The molecule has 0 radical (unpaired) electrons. The third-order valence-corrected chi connectivity index (χ3v) is 0.920. The lowest BCUT2D eigenvalue weighted by molar-refractivity contribution is -0.125. The lowest BCUT2D eigenvalue weighted by atomic mass is 10.5. The van der Waals surface area contributed by atoms with Gasteiger partial charge in [-0.1, -0.05) is 12.2 Å². The Morgan fingerprint density at radius 2 is 2.43 bits per heavy atom. The van der Waals surface area contributed by atoms with E-state index in [-0.39, 0.29) is 0 Å². The predicted molar refractivity (Wildman–Crippen MR) is 27.7 cm³/mol. The summed E-state index contributed by atoms with van der Waals surface area (Å²) in [6.07, 6.45) is 4.10. The lowest BCUT2D eigenvalue weighted by Crippen LogP contribution is -2.21. The van der Waals surface area contributed by atoms with E-state index in [4.69, 9.17) is 4.84 Å². The van der Waals surface area contributed by atoms with Crippen molar-refractivity contribution in [2.45, 2.75) is 0 Å². The highest BCUT2D eigenvalue weighted by Gasteiger charge is 1.95. The van der Waals surface area contributed by atoms with Gasteiger partial charge in [-0.05, 0) is 0 Å². The second kappa shape index (κ2) is 2.09. The van der Waals surface area contributed by atoms with Crippen LogP contribution in [0.3, 0.4) is 0 Å². The number of nitrogens with zero attached hydrogens (tertiary/aromatic N) is 1. The molecule has 0 aliphatic carbocycles. The van der Waals surface area contributed by atoms with E-state index in [1.807, 2.05) is 13.1 Å². The average molecular weight is 99.1 g/mol. The maximum atomic E-state index is 5.02. The van der Waals surface area contributed by atoms with Gasteiger partial charge in [-0.2, -0.15) is 5.06 Å². The predicted octanol–water partition coefficient (Wildman–Crippen LogP) is 0.420. The summed E-state index contributed by atoms with van der Waals surface area (Å²) in [6.45, 7) is 1.65. The van der Waals surface area contributed by atoms with Crippen molar-refractivity contribution in [2.24, 2.45) is 0 Å². The summed E-state index contributed by atoms with van der Waals surface area (Å²) in [7, 11) is 1.92. The zero-order chi connectivity index (χ0) is 5.11. The van der Waals surface area contributed by atoms with E-state index < -0.39 is 0 Å². The fourth-order valence-electron chi connectivity index (χ4n) is 0.514. The van der Waals surface area contributed by atoms with E-state index >= 15 is 0 Å². The molecule has 1 rings (SSSR count). The van der Waals surface area contributed by atoms with Gasteiger partial charge in [0.2, 0.25) is 0 Å². The fraction of sp³-hybridized carbons (Fsp3) is 0.600. The standard InChI is InChI=1S/C5H9NO/c1-6-4-2-3-5-7-6/h2-3H,4-5H2,1H3. The minimum absolute atomic E-state index is 0.733. The Hall–Kier alpha value is -0.340. The Morgan fingerprint density at radius 1 is 1.57 bits per heavy atom. The molecule has 0 atom stereocenters. The minimum atomic E-state index is 0.733. The molecule has 0 fully saturated rings. The van der Waals surface area contributed by atoms with Crippen LogP contribution in [0.4, 0.5) is 0 Å². The first kappa shape index (κ1) is 4.81.